The second-order valence-corrected chi connectivity index (χ2v) is 5.38. The average Bonchev–Trinajstić information content (AvgIpc) is 3.31. The maximum Gasteiger partial charge on any atom is 2.00 e. The minimum absolute atomic E-state index is 0. The number of benzene rings is 1. The first-order chi connectivity index (χ1) is 11.7. The second kappa shape index (κ2) is 8.92. The van der Waals surface area contributed by atoms with Gasteiger partial charge in [-0.25, -0.2) is 16.9 Å². The molecule has 25 heavy (non-hydrogen) atoms. The van der Waals surface area contributed by atoms with Crippen molar-refractivity contribution < 1.29 is 27.0 Å². The zero-order chi connectivity index (χ0) is 16.8. The van der Waals surface area contributed by atoms with E-state index in [9.17, 15) is 9.90 Å². The fraction of sp³-hybridized carbons (Fsp3) is 0.0500. The van der Waals surface area contributed by atoms with Gasteiger partial charge in [0.2, 0.25) is 0 Å². The summed E-state index contributed by atoms with van der Waals surface area (Å²) >= 11 is 0. The molecule has 0 saturated carbocycles. The number of carbonyl (C=O) groups is 1. The summed E-state index contributed by atoms with van der Waals surface area (Å²) in [7, 11) is 0. The van der Waals surface area contributed by atoms with Crippen LogP contribution in [0.4, 0.5) is 4.79 Å². The van der Waals surface area contributed by atoms with Gasteiger partial charge >= 0.3 is 23.1 Å². The maximum atomic E-state index is 11.7. The number of hydrogen-bond donors (Lipinski definition) is 3. The van der Waals surface area contributed by atoms with Crippen LogP contribution in [0.5, 0.6) is 5.75 Å². The molecule has 3 aromatic rings. The zero-order valence-corrected chi connectivity index (χ0v) is 14.5. The molecule has 4 nitrogen and oxygen atoms in total. The smallest absolute Gasteiger partial charge is 0.508 e. The van der Waals surface area contributed by atoms with E-state index in [0.29, 0.717) is 0 Å². The minimum Gasteiger partial charge on any atom is -0.508 e. The van der Waals surface area contributed by atoms with Gasteiger partial charge in [0.25, 0.3) is 0 Å². The quantitative estimate of drug-likeness (QED) is 0.471. The molecule has 1 heterocycles. The van der Waals surface area contributed by atoms with Crippen LogP contribution in [0.15, 0.2) is 84.9 Å². The van der Waals surface area contributed by atoms with Crippen molar-refractivity contribution >= 4 is 11.7 Å². The number of carbonyl (C=O) groups excluding carboxylic acids is 1. The standard InChI is InChI=1S/C15H13N2O2.C5H5.Fe/c18-12-7-5-11(6-8-12)14-9-13(16-15(19)17-14)10-3-1-2-4-10;1-2-4-5-3-1;/h1-9,14,18H,(H2,16,17,19);1-5H;/q2*-1;+2. The van der Waals surface area contributed by atoms with E-state index in [2.05, 4.69) is 10.6 Å². The summed E-state index contributed by atoms with van der Waals surface area (Å²) in [6.07, 6.45) is 1.96. The zero-order valence-electron chi connectivity index (χ0n) is 13.4. The first-order valence-electron chi connectivity index (χ1n) is 7.69. The molecule has 1 unspecified atom stereocenters. The van der Waals surface area contributed by atoms with E-state index in [4.69, 9.17) is 0 Å². The summed E-state index contributed by atoms with van der Waals surface area (Å²) in [5.41, 5.74) is 2.71. The van der Waals surface area contributed by atoms with Gasteiger partial charge in [-0.2, -0.15) is 30.3 Å². The van der Waals surface area contributed by atoms with Crippen LogP contribution in [0.1, 0.15) is 17.2 Å². The third-order valence-electron chi connectivity index (χ3n) is 3.65. The Hall–Kier alpha value is -2.75. The number of rotatable bonds is 2. The molecule has 2 amide bonds. The Labute approximate surface area is 157 Å². The van der Waals surface area contributed by atoms with E-state index in [1.165, 1.54) is 0 Å². The number of aromatic hydroxyl groups is 1. The molecule has 5 heteroatoms. The molecule has 0 saturated heterocycles. The van der Waals surface area contributed by atoms with Crippen molar-refractivity contribution in [3.05, 3.63) is 96.1 Å². The molecule has 0 fully saturated rings. The summed E-state index contributed by atoms with van der Waals surface area (Å²) in [5, 5.41) is 14.9. The molecule has 0 aliphatic carbocycles. The maximum absolute atomic E-state index is 11.7. The minimum atomic E-state index is -0.225. The summed E-state index contributed by atoms with van der Waals surface area (Å²) in [4.78, 5) is 11.7. The van der Waals surface area contributed by atoms with Crippen molar-refractivity contribution in [1.82, 2.24) is 10.6 Å². The van der Waals surface area contributed by atoms with Gasteiger partial charge in [0, 0.05) is 6.04 Å². The van der Waals surface area contributed by atoms with Crippen LogP contribution in [0.25, 0.3) is 5.70 Å². The molecule has 0 aromatic heterocycles. The first kappa shape index (κ1) is 18.6. The van der Waals surface area contributed by atoms with Gasteiger partial charge in [-0.05, 0) is 23.4 Å². The monoisotopic (exact) mass is 374 g/mol. The van der Waals surface area contributed by atoms with Crippen LogP contribution in [-0.2, 0) is 17.1 Å². The molecule has 1 aliphatic heterocycles. The molecule has 0 spiro atoms. The number of urea groups is 1. The van der Waals surface area contributed by atoms with Crippen LogP contribution in [0.2, 0.25) is 0 Å². The van der Waals surface area contributed by atoms with Gasteiger partial charge in [0.1, 0.15) is 5.75 Å². The number of phenols is 1. The van der Waals surface area contributed by atoms with Crippen LogP contribution in [0, 0.1) is 0 Å². The Morgan fingerprint density at radius 1 is 1.00 bits per heavy atom. The SMILES string of the molecule is O=C1NC([c-]2cccc2)=CC(c2ccc(O)cc2)N1.[Fe+2].c1cc[cH-]c1. The number of phenolic OH excluding ortho intramolecular Hbond substituents is 1. The molecule has 1 atom stereocenters. The Balaban J connectivity index is 0.000000325. The first-order valence-corrected chi connectivity index (χ1v) is 7.69. The third kappa shape index (κ3) is 5.11. The van der Waals surface area contributed by atoms with Gasteiger partial charge < -0.3 is 15.7 Å². The summed E-state index contributed by atoms with van der Waals surface area (Å²) in [6.45, 7) is 0. The average molecular weight is 374 g/mol. The molecular weight excluding hydrogens is 356 g/mol. The van der Waals surface area contributed by atoms with E-state index >= 15 is 0 Å². The van der Waals surface area contributed by atoms with Gasteiger partial charge in [0.05, 0.1) is 0 Å². The van der Waals surface area contributed by atoms with Crippen LogP contribution in [-0.4, -0.2) is 11.1 Å². The molecule has 128 valence electrons. The van der Waals surface area contributed by atoms with Gasteiger partial charge in [-0.1, -0.05) is 17.7 Å². The molecular formula is C20H18FeN2O2. The third-order valence-corrected chi connectivity index (χ3v) is 3.65. The van der Waals surface area contributed by atoms with Crippen molar-refractivity contribution in [3.63, 3.8) is 0 Å². The van der Waals surface area contributed by atoms with Crippen molar-refractivity contribution in [3.8, 4) is 5.75 Å². The van der Waals surface area contributed by atoms with Gasteiger partial charge in [-0.3, -0.25) is 0 Å². The summed E-state index contributed by atoms with van der Waals surface area (Å²) < 4.78 is 0. The Kier molecular flexibility index (Phi) is 6.63. The topological polar surface area (TPSA) is 61.4 Å². The van der Waals surface area contributed by atoms with Crippen LogP contribution in [0.3, 0.4) is 0 Å². The number of amides is 2. The van der Waals surface area contributed by atoms with E-state index in [0.717, 1.165) is 16.8 Å². The van der Waals surface area contributed by atoms with Gasteiger partial charge in [-0.15, -0.1) is 18.2 Å². The van der Waals surface area contributed by atoms with Crippen molar-refractivity contribution in [2.45, 2.75) is 6.04 Å². The number of hydrogen-bond acceptors (Lipinski definition) is 2. The fourth-order valence-electron chi connectivity index (χ4n) is 2.45. The molecule has 1 aliphatic rings. The predicted octanol–water partition coefficient (Wildman–Crippen LogP) is 3.91. The fourth-order valence-corrected chi connectivity index (χ4v) is 2.45. The Morgan fingerprint density at radius 3 is 2.20 bits per heavy atom. The summed E-state index contributed by atoms with van der Waals surface area (Å²) in [6, 6.07) is 24.2. The van der Waals surface area contributed by atoms with Crippen LogP contribution < -0.4 is 10.6 Å². The Morgan fingerprint density at radius 2 is 1.64 bits per heavy atom. The van der Waals surface area contributed by atoms with E-state index in [1.807, 2.05) is 60.7 Å². The molecule has 4 rings (SSSR count). The van der Waals surface area contributed by atoms with E-state index < -0.39 is 0 Å². The van der Waals surface area contributed by atoms with E-state index in [-0.39, 0.29) is 34.9 Å². The van der Waals surface area contributed by atoms with Crippen molar-refractivity contribution in [2.75, 3.05) is 0 Å². The largest absolute Gasteiger partial charge is 2.00 e. The second-order valence-electron chi connectivity index (χ2n) is 5.38. The summed E-state index contributed by atoms with van der Waals surface area (Å²) in [5.74, 6) is 0.212. The van der Waals surface area contributed by atoms with Gasteiger partial charge in [0.15, 0.2) is 0 Å². The van der Waals surface area contributed by atoms with Crippen molar-refractivity contribution in [1.29, 1.82) is 0 Å². The molecule has 3 aromatic carbocycles. The molecule has 0 bridgehead atoms. The van der Waals surface area contributed by atoms with Crippen LogP contribution >= 0.6 is 0 Å². The normalized spacial score (nSPS) is 15.6. The Bertz CT molecular complexity index is 774. The van der Waals surface area contributed by atoms with E-state index in [1.54, 1.807) is 24.3 Å². The van der Waals surface area contributed by atoms with Crippen molar-refractivity contribution in [2.24, 2.45) is 0 Å². The number of nitrogens with one attached hydrogen (secondary N) is 2. The molecule has 3 N–H and O–H groups in total. The predicted molar refractivity (Wildman–Crippen MR) is 94.6 cm³/mol. The molecule has 0 radical (unpaired) electrons.